The maximum absolute atomic E-state index is 13.1. The van der Waals surface area contributed by atoms with Crippen molar-refractivity contribution in [2.24, 2.45) is 0 Å². The van der Waals surface area contributed by atoms with E-state index in [9.17, 15) is 9.59 Å². The van der Waals surface area contributed by atoms with Crippen molar-refractivity contribution in [2.45, 2.75) is 59.4 Å². The highest BCUT2D eigenvalue weighted by molar-refractivity contribution is 5.94. The predicted octanol–water partition coefficient (Wildman–Crippen LogP) is 5.25. The number of carbonyl (C=O) groups excluding carboxylic acids is 2. The standard InChI is InChI=1S/C27H34N4O2/c1-6-10-26(33)30(18-21-11-8-7-9-12-21)19-25(32)28-24-17-23(27(3,4)5)29-31(24)22-15-13-20(2)14-16-22/h7-9,11-17H,6,10,18-19H2,1-5H3,(H,28,32). The Bertz CT molecular complexity index is 1080. The lowest BCUT2D eigenvalue weighted by Crippen LogP contribution is -2.37. The first-order valence-electron chi connectivity index (χ1n) is 11.5. The molecule has 174 valence electrons. The summed E-state index contributed by atoms with van der Waals surface area (Å²) in [6.07, 6.45) is 1.15. The number of anilines is 1. The molecule has 6 nitrogen and oxygen atoms in total. The summed E-state index contributed by atoms with van der Waals surface area (Å²) in [7, 11) is 0. The number of hydrogen-bond donors (Lipinski definition) is 1. The highest BCUT2D eigenvalue weighted by Crippen LogP contribution is 2.26. The maximum atomic E-state index is 13.1. The van der Waals surface area contributed by atoms with Crippen molar-refractivity contribution in [2.75, 3.05) is 11.9 Å². The quantitative estimate of drug-likeness (QED) is 0.514. The second kappa shape index (κ2) is 10.5. The fourth-order valence-corrected chi connectivity index (χ4v) is 3.48. The molecule has 3 aromatic rings. The predicted molar refractivity (Wildman–Crippen MR) is 132 cm³/mol. The van der Waals surface area contributed by atoms with Gasteiger partial charge in [0.1, 0.15) is 12.4 Å². The van der Waals surface area contributed by atoms with Gasteiger partial charge in [-0.3, -0.25) is 9.59 Å². The van der Waals surface area contributed by atoms with Crippen LogP contribution in [0.4, 0.5) is 5.82 Å². The molecule has 0 aliphatic carbocycles. The number of aryl methyl sites for hydroxylation is 1. The molecule has 6 heteroatoms. The van der Waals surface area contributed by atoms with Crippen LogP contribution in [0.2, 0.25) is 0 Å². The van der Waals surface area contributed by atoms with Crippen LogP contribution < -0.4 is 5.32 Å². The molecule has 33 heavy (non-hydrogen) atoms. The summed E-state index contributed by atoms with van der Waals surface area (Å²) in [6.45, 7) is 10.6. The number of aromatic nitrogens is 2. The topological polar surface area (TPSA) is 67.2 Å². The first kappa shape index (κ1) is 24.2. The molecule has 0 saturated heterocycles. The number of carbonyl (C=O) groups is 2. The highest BCUT2D eigenvalue weighted by atomic mass is 16.2. The van der Waals surface area contributed by atoms with Gasteiger partial charge < -0.3 is 10.2 Å². The van der Waals surface area contributed by atoms with Crippen LogP contribution in [0.3, 0.4) is 0 Å². The summed E-state index contributed by atoms with van der Waals surface area (Å²) in [5.41, 5.74) is 3.72. The molecule has 0 radical (unpaired) electrons. The van der Waals surface area contributed by atoms with Crippen molar-refractivity contribution >= 4 is 17.6 Å². The monoisotopic (exact) mass is 446 g/mol. The smallest absolute Gasteiger partial charge is 0.245 e. The molecular weight excluding hydrogens is 412 g/mol. The van der Waals surface area contributed by atoms with Crippen LogP contribution in [-0.2, 0) is 21.5 Å². The van der Waals surface area contributed by atoms with E-state index in [-0.39, 0.29) is 23.8 Å². The minimum absolute atomic E-state index is 0.0162. The summed E-state index contributed by atoms with van der Waals surface area (Å²) in [5.74, 6) is 0.319. The Morgan fingerprint density at radius 3 is 2.30 bits per heavy atom. The van der Waals surface area contributed by atoms with Gasteiger partial charge in [0.05, 0.1) is 11.4 Å². The van der Waals surface area contributed by atoms with Gasteiger partial charge in [-0.25, -0.2) is 4.68 Å². The summed E-state index contributed by atoms with van der Waals surface area (Å²) in [5, 5.41) is 7.76. The highest BCUT2D eigenvalue weighted by Gasteiger charge is 2.23. The van der Waals surface area contributed by atoms with Crippen molar-refractivity contribution in [1.82, 2.24) is 14.7 Å². The molecule has 2 amide bonds. The Balaban J connectivity index is 1.84. The van der Waals surface area contributed by atoms with E-state index in [0.717, 1.165) is 28.9 Å². The number of rotatable bonds is 8. The molecule has 0 aliphatic rings. The molecule has 3 rings (SSSR count). The maximum Gasteiger partial charge on any atom is 0.245 e. The Hall–Kier alpha value is -3.41. The van der Waals surface area contributed by atoms with Crippen LogP contribution in [0, 0.1) is 6.92 Å². The zero-order valence-corrected chi connectivity index (χ0v) is 20.3. The molecule has 0 spiro atoms. The zero-order chi connectivity index (χ0) is 24.0. The van der Waals surface area contributed by atoms with E-state index in [4.69, 9.17) is 5.10 Å². The SMILES string of the molecule is CCCC(=O)N(CC(=O)Nc1cc(C(C)(C)C)nn1-c1ccc(C)cc1)Cc1ccccc1. The fourth-order valence-electron chi connectivity index (χ4n) is 3.48. The third-order valence-electron chi connectivity index (χ3n) is 5.39. The largest absolute Gasteiger partial charge is 0.329 e. The second-order valence-electron chi connectivity index (χ2n) is 9.45. The third kappa shape index (κ3) is 6.54. The van der Waals surface area contributed by atoms with E-state index < -0.39 is 0 Å². The lowest BCUT2D eigenvalue weighted by atomic mass is 9.92. The van der Waals surface area contributed by atoms with Gasteiger partial charge in [0.15, 0.2) is 0 Å². The minimum Gasteiger partial charge on any atom is -0.329 e. The van der Waals surface area contributed by atoms with Gasteiger partial charge in [0, 0.05) is 24.4 Å². The Morgan fingerprint density at radius 1 is 1.03 bits per heavy atom. The van der Waals surface area contributed by atoms with Crippen LogP contribution in [0.15, 0.2) is 60.7 Å². The van der Waals surface area contributed by atoms with Crippen molar-refractivity contribution < 1.29 is 9.59 Å². The van der Waals surface area contributed by atoms with E-state index >= 15 is 0 Å². The van der Waals surface area contributed by atoms with Crippen molar-refractivity contribution in [3.8, 4) is 5.69 Å². The molecule has 0 aliphatic heterocycles. The van der Waals surface area contributed by atoms with Crippen molar-refractivity contribution in [3.05, 3.63) is 77.5 Å². The number of benzene rings is 2. The molecule has 1 aromatic heterocycles. The van der Waals surface area contributed by atoms with Crippen LogP contribution in [0.25, 0.3) is 5.69 Å². The zero-order valence-electron chi connectivity index (χ0n) is 20.3. The van der Waals surface area contributed by atoms with Gasteiger partial charge in [-0.05, 0) is 31.0 Å². The van der Waals surface area contributed by atoms with Crippen molar-refractivity contribution in [3.63, 3.8) is 0 Å². The lowest BCUT2D eigenvalue weighted by molar-refractivity contribution is -0.135. The van der Waals surface area contributed by atoms with E-state index in [1.807, 2.05) is 74.5 Å². The molecular formula is C27H34N4O2. The fraction of sp³-hybridized carbons (Fsp3) is 0.370. The van der Waals surface area contributed by atoms with E-state index in [2.05, 4.69) is 26.1 Å². The average Bonchev–Trinajstić information content (AvgIpc) is 3.19. The number of hydrogen-bond acceptors (Lipinski definition) is 3. The third-order valence-corrected chi connectivity index (χ3v) is 5.39. The van der Waals surface area contributed by atoms with Gasteiger partial charge in [-0.2, -0.15) is 5.10 Å². The lowest BCUT2D eigenvalue weighted by Gasteiger charge is -2.22. The van der Waals surface area contributed by atoms with Gasteiger partial charge in [0.2, 0.25) is 11.8 Å². The Morgan fingerprint density at radius 2 is 1.70 bits per heavy atom. The Kier molecular flexibility index (Phi) is 7.69. The van der Waals surface area contributed by atoms with Crippen LogP contribution in [0.5, 0.6) is 0 Å². The van der Waals surface area contributed by atoms with Gasteiger partial charge in [-0.15, -0.1) is 0 Å². The number of nitrogens with one attached hydrogen (secondary N) is 1. The molecule has 1 heterocycles. The molecule has 0 atom stereocenters. The first-order chi connectivity index (χ1) is 15.7. The molecule has 0 unspecified atom stereocenters. The summed E-state index contributed by atoms with van der Waals surface area (Å²) in [6, 6.07) is 19.7. The van der Waals surface area contributed by atoms with Gasteiger partial charge in [0.25, 0.3) is 0 Å². The average molecular weight is 447 g/mol. The first-order valence-corrected chi connectivity index (χ1v) is 11.5. The molecule has 0 bridgehead atoms. The van der Waals surface area contributed by atoms with Crippen molar-refractivity contribution in [1.29, 1.82) is 0 Å². The van der Waals surface area contributed by atoms with Gasteiger partial charge in [-0.1, -0.05) is 75.7 Å². The van der Waals surface area contributed by atoms with E-state index in [0.29, 0.717) is 18.8 Å². The number of nitrogens with zero attached hydrogens (tertiary/aromatic N) is 3. The van der Waals surface area contributed by atoms with Crippen LogP contribution >= 0.6 is 0 Å². The molecule has 2 aromatic carbocycles. The number of amides is 2. The van der Waals surface area contributed by atoms with E-state index in [1.54, 1.807) is 9.58 Å². The minimum atomic E-state index is -0.246. The van der Waals surface area contributed by atoms with Gasteiger partial charge >= 0.3 is 0 Å². The Labute approximate surface area is 196 Å². The van der Waals surface area contributed by atoms with Crippen LogP contribution in [0.1, 0.15) is 57.4 Å². The molecule has 0 fully saturated rings. The normalized spacial score (nSPS) is 11.3. The molecule has 1 N–H and O–H groups in total. The summed E-state index contributed by atoms with van der Waals surface area (Å²) >= 11 is 0. The summed E-state index contributed by atoms with van der Waals surface area (Å²) < 4.78 is 1.76. The van der Waals surface area contributed by atoms with Crippen LogP contribution in [-0.4, -0.2) is 33.0 Å². The van der Waals surface area contributed by atoms with E-state index in [1.165, 1.54) is 0 Å². The second-order valence-corrected chi connectivity index (χ2v) is 9.45. The summed E-state index contributed by atoms with van der Waals surface area (Å²) in [4.78, 5) is 27.4. The molecule has 0 saturated carbocycles.